The number of halogens is 2. The van der Waals surface area contributed by atoms with Gasteiger partial charge < -0.3 is 0 Å². The third kappa shape index (κ3) is 2.14. The highest BCUT2D eigenvalue weighted by atomic mass is 35.5. The van der Waals surface area contributed by atoms with Crippen molar-refractivity contribution in [3.63, 3.8) is 0 Å². The monoisotopic (exact) mass is 237 g/mol. The fraction of sp³-hybridized carbons (Fsp3) is 0.0833. The van der Waals surface area contributed by atoms with Crippen molar-refractivity contribution in [3.05, 3.63) is 52.1 Å². The van der Waals surface area contributed by atoms with Gasteiger partial charge in [-0.15, -0.1) is 0 Å². The van der Waals surface area contributed by atoms with Crippen LogP contribution in [0.5, 0.6) is 0 Å². The van der Waals surface area contributed by atoms with Crippen LogP contribution in [0.4, 0.5) is 0 Å². The second-order valence-corrected chi connectivity index (χ2v) is 4.06. The molecular weight excluding hydrogens is 229 g/mol. The Hall–Kier alpha value is -1.05. The van der Waals surface area contributed by atoms with Gasteiger partial charge in [0, 0.05) is 5.56 Å². The van der Waals surface area contributed by atoms with Crippen LogP contribution in [0.15, 0.2) is 36.4 Å². The molecule has 1 heterocycles. The fourth-order valence-electron chi connectivity index (χ4n) is 1.45. The third-order valence-corrected chi connectivity index (χ3v) is 2.84. The van der Waals surface area contributed by atoms with E-state index >= 15 is 0 Å². The molecule has 2 aromatic rings. The lowest BCUT2D eigenvalue weighted by molar-refractivity contribution is 1.27. The van der Waals surface area contributed by atoms with E-state index in [9.17, 15) is 0 Å². The van der Waals surface area contributed by atoms with Crippen LogP contribution in [0.1, 0.15) is 5.56 Å². The Labute approximate surface area is 98.7 Å². The molecule has 15 heavy (non-hydrogen) atoms. The molecule has 76 valence electrons. The van der Waals surface area contributed by atoms with E-state index in [1.54, 1.807) is 0 Å². The van der Waals surface area contributed by atoms with Crippen LogP contribution < -0.4 is 0 Å². The zero-order valence-electron chi connectivity index (χ0n) is 8.17. The van der Waals surface area contributed by atoms with E-state index in [4.69, 9.17) is 23.2 Å². The summed E-state index contributed by atoms with van der Waals surface area (Å²) in [6.45, 7) is 1.97. The highest BCUT2D eigenvalue weighted by Crippen LogP contribution is 2.28. The van der Waals surface area contributed by atoms with E-state index in [2.05, 4.69) is 4.98 Å². The van der Waals surface area contributed by atoms with Gasteiger partial charge >= 0.3 is 0 Å². The Balaban J connectivity index is 2.59. The summed E-state index contributed by atoms with van der Waals surface area (Å²) in [7, 11) is 0. The van der Waals surface area contributed by atoms with Gasteiger partial charge in [0.25, 0.3) is 0 Å². The van der Waals surface area contributed by atoms with E-state index < -0.39 is 0 Å². The van der Waals surface area contributed by atoms with Gasteiger partial charge in [-0.05, 0) is 18.6 Å². The van der Waals surface area contributed by atoms with Crippen molar-refractivity contribution in [2.45, 2.75) is 6.92 Å². The van der Waals surface area contributed by atoms with Crippen molar-refractivity contribution in [2.24, 2.45) is 0 Å². The van der Waals surface area contributed by atoms with Gasteiger partial charge in [-0.1, -0.05) is 53.5 Å². The van der Waals surface area contributed by atoms with Gasteiger partial charge in [-0.2, -0.15) is 0 Å². The van der Waals surface area contributed by atoms with E-state index in [0.717, 1.165) is 16.8 Å². The molecule has 1 aromatic heterocycles. The van der Waals surface area contributed by atoms with E-state index in [1.165, 1.54) is 0 Å². The van der Waals surface area contributed by atoms with Crippen LogP contribution in [0.25, 0.3) is 11.3 Å². The lowest BCUT2D eigenvalue weighted by Gasteiger charge is -2.06. The predicted molar refractivity (Wildman–Crippen MR) is 64.4 cm³/mol. The third-order valence-electron chi connectivity index (χ3n) is 2.17. The second-order valence-electron chi connectivity index (χ2n) is 3.29. The molecule has 0 aliphatic rings. The van der Waals surface area contributed by atoms with Crippen molar-refractivity contribution in [3.8, 4) is 11.3 Å². The minimum atomic E-state index is 0.348. The Bertz CT molecular complexity index is 480. The van der Waals surface area contributed by atoms with Crippen molar-refractivity contribution >= 4 is 23.2 Å². The zero-order chi connectivity index (χ0) is 10.8. The molecule has 3 heteroatoms. The predicted octanol–water partition coefficient (Wildman–Crippen LogP) is 4.36. The van der Waals surface area contributed by atoms with Crippen molar-refractivity contribution in [1.82, 2.24) is 4.98 Å². The summed E-state index contributed by atoms with van der Waals surface area (Å²) in [6.07, 6.45) is 0. The first-order chi connectivity index (χ1) is 7.18. The maximum atomic E-state index is 5.89. The molecule has 1 aromatic carbocycles. The summed E-state index contributed by atoms with van der Waals surface area (Å²) in [4.78, 5) is 4.28. The molecule has 0 N–H and O–H groups in total. The molecule has 0 aliphatic heterocycles. The molecule has 0 saturated carbocycles. The van der Waals surface area contributed by atoms with Gasteiger partial charge in [0.2, 0.25) is 0 Å². The Morgan fingerprint density at radius 1 is 1.07 bits per heavy atom. The van der Waals surface area contributed by atoms with Gasteiger partial charge in [0.15, 0.2) is 0 Å². The average Bonchev–Trinajstić information content (AvgIpc) is 2.25. The SMILES string of the molecule is Cc1cc(Cl)c(Cl)nc1-c1ccccc1. The molecule has 0 amide bonds. The van der Waals surface area contributed by atoms with Crippen molar-refractivity contribution < 1.29 is 0 Å². The molecule has 0 bridgehead atoms. The number of rotatable bonds is 1. The molecule has 0 fully saturated rings. The molecule has 0 aliphatic carbocycles. The summed E-state index contributed by atoms with van der Waals surface area (Å²) in [6, 6.07) is 11.7. The normalized spacial score (nSPS) is 10.3. The number of aryl methyl sites for hydroxylation is 1. The second kappa shape index (κ2) is 4.21. The lowest BCUT2D eigenvalue weighted by Crippen LogP contribution is -1.89. The van der Waals surface area contributed by atoms with Crippen LogP contribution in [-0.2, 0) is 0 Å². The Morgan fingerprint density at radius 2 is 1.73 bits per heavy atom. The number of aromatic nitrogens is 1. The van der Waals surface area contributed by atoms with Gasteiger partial charge in [0.05, 0.1) is 10.7 Å². The summed E-state index contributed by atoms with van der Waals surface area (Å²) >= 11 is 11.8. The molecule has 0 spiro atoms. The number of hydrogen-bond donors (Lipinski definition) is 0. The van der Waals surface area contributed by atoms with Crippen LogP contribution >= 0.6 is 23.2 Å². The van der Waals surface area contributed by atoms with Gasteiger partial charge in [-0.3, -0.25) is 0 Å². The van der Waals surface area contributed by atoms with Gasteiger partial charge in [0.1, 0.15) is 5.15 Å². The standard InChI is InChI=1S/C12H9Cl2N/c1-8-7-10(13)12(14)15-11(8)9-5-3-2-4-6-9/h2-7H,1H3. The minimum absolute atomic E-state index is 0.348. The first kappa shape index (κ1) is 10.5. The number of hydrogen-bond acceptors (Lipinski definition) is 1. The summed E-state index contributed by atoms with van der Waals surface area (Å²) in [5.74, 6) is 0. The first-order valence-electron chi connectivity index (χ1n) is 4.56. The lowest BCUT2D eigenvalue weighted by atomic mass is 10.1. The maximum Gasteiger partial charge on any atom is 0.148 e. The summed E-state index contributed by atoms with van der Waals surface area (Å²) in [5.41, 5.74) is 2.95. The van der Waals surface area contributed by atoms with E-state index in [0.29, 0.717) is 10.2 Å². The zero-order valence-corrected chi connectivity index (χ0v) is 9.68. The molecule has 0 radical (unpaired) electrons. The molecule has 1 nitrogen and oxygen atoms in total. The van der Waals surface area contributed by atoms with Crippen molar-refractivity contribution in [1.29, 1.82) is 0 Å². The molecule has 0 saturated heterocycles. The van der Waals surface area contributed by atoms with E-state index in [1.807, 2.05) is 43.3 Å². The average molecular weight is 238 g/mol. The largest absolute Gasteiger partial charge is 0.234 e. The highest BCUT2D eigenvalue weighted by Gasteiger charge is 2.07. The fourth-order valence-corrected chi connectivity index (χ4v) is 1.79. The topological polar surface area (TPSA) is 12.9 Å². The molecule has 2 rings (SSSR count). The van der Waals surface area contributed by atoms with Crippen LogP contribution in [-0.4, -0.2) is 4.98 Å². The maximum absolute atomic E-state index is 5.89. The van der Waals surface area contributed by atoms with Crippen LogP contribution in [0, 0.1) is 6.92 Å². The Morgan fingerprint density at radius 3 is 2.40 bits per heavy atom. The summed E-state index contributed by atoms with van der Waals surface area (Å²) in [5, 5.41) is 0.843. The molecule has 0 atom stereocenters. The smallest absolute Gasteiger partial charge is 0.148 e. The highest BCUT2D eigenvalue weighted by molar-refractivity contribution is 6.41. The number of benzene rings is 1. The molecular formula is C12H9Cl2N. The number of pyridine rings is 1. The quantitative estimate of drug-likeness (QED) is 0.672. The van der Waals surface area contributed by atoms with E-state index in [-0.39, 0.29) is 0 Å². The Kier molecular flexibility index (Phi) is 2.94. The minimum Gasteiger partial charge on any atom is -0.234 e. The van der Waals surface area contributed by atoms with Crippen LogP contribution in [0.3, 0.4) is 0 Å². The first-order valence-corrected chi connectivity index (χ1v) is 5.32. The number of nitrogens with zero attached hydrogens (tertiary/aromatic N) is 1. The van der Waals surface area contributed by atoms with Crippen LogP contribution in [0.2, 0.25) is 10.2 Å². The summed E-state index contributed by atoms with van der Waals surface area (Å²) < 4.78 is 0. The van der Waals surface area contributed by atoms with Crippen molar-refractivity contribution in [2.75, 3.05) is 0 Å². The molecule has 0 unspecified atom stereocenters. The van der Waals surface area contributed by atoms with Gasteiger partial charge in [-0.25, -0.2) is 4.98 Å².